The Morgan fingerprint density at radius 3 is 2.09 bits per heavy atom. The number of rotatable bonds is 5. The number of hydrogen-bond acceptors (Lipinski definition) is 4. The van der Waals surface area contributed by atoms with E-state index < -0.39 is 11.7 Å². The zero-order valence-corrected chi connectivity index (χ0v) is 14.4. The summed E-state index contributed by atoms with van der Waals surface area (Å²) in [7, 11) is 4.38. The van der Waals surface area contributed by atoms with E-state index in [4.69, 9.17) is 14.2 Å². The molecule has 0 saturated heterocycles. The smallest absolute Gasteiger partial charge is 0.256 e. The Bertz CT molecular complexity index is 711. The van der Waals surface area contributed by atoms with Crippen molar-refractivity contribution in [2.24, 2.45) is 0 Å². The van der Waals surface area contributed by atoms with Gasteiger partial charge in [-0.25, -0.2) is 4.39 Å². The van der Waals surface area contributed by atoms with E-state index in [1.807, 2.05) is 0 Å². The van der Waals surface area contributed by atoms with Gasteiger partial charge in [0.2, 0.25) is 0 Å². The zero-order valence-electron chi connectivity index (χ0n) is 12.8. The molecule has 1 amide bonds. The minimum absolute atomic E-state index is 0.231. The van der Waals surface area contributed by atoms with E-state index in [1.54, 1.807) is 12.1 Å². The number of carbonyl (C=O) groups is 1. The summed E-state index contributed by atoms with van der Waals surface area (Å²) in [6, 6.07) is 6.99. The lowest BCUT2D eigenvalue weighted by molar-refractivity contribution is 0.102. The maximum Gasteiger partial charge on any atom is 0.256 e. The van der Waals surface area contributed by atoms with Crippen molar-refractivity contribution >= 4 is 27.5 Å². The van der Waals surface area contributed by atoms with Crippen LogP contribution in [0.1, 0.15) is 10.4 Å². The first-order chi connectivity index (χ1) is 11.0. The molecule has 2 aromatic carbocycles. The predicted molar refractivity (Wildman–Crippen MR) is 88.2 cm³/mol. The topological polar surface area (TPSA) is 56.8 Å². The monoisotopic (exact) mass is 383 g/mol. The highest BCUT2D eigenvalue weighted by Gasteiger charge is 2.16. The zero-order chi connectivity index (χ0) is 17.0. The van der Waals surface area contributed by atoms with Crippen molar-refractivity contribution < 1.29 is 23.4 Å². The van der Waals surface area contributed by atoms with Gasteiger partial charge in [0.15, 0.2) is 0 Å². The van der Waals surface area contributed by atoms with Gasteiger partial charge < -0.3 is 19.5 Å². The first kappa shape index (κ1) is 17.1. The SMILES string of the molecule is COc1cc(F)ccc1NC(=O)c1cc(OC)c(Br)c(OC)c1. The van der Waals surface area contributed by atoms with Crippen LogP contribution in [0.3, 0.4) is 0 Å². The summed E-state index contributed by atoms with van der Waals surface area (Å²) in [6.07, 6.45) is 0. The Morgan fingerprint density at radius 1 is 1.00 bits per heavy atom. The van der Waals surface area contributed by atoms with Gasteiger partial charge in [-0.15, -0.1) is 0 Å². The normalized spacial score (nSPS) is 10.1. The molecule has 5 nitrogen and oxygen atoms in total. The van der Waals surface area contributed by atoms with E-state index in [-0.39, 0.29) is 5.75 Å². The molecule has 0 unspecified atom stereocenters. The van der Waals surface area contributed by atoms with Crippen molar-refractivity contribution in [3.05, 3.63) is 46.2 Å². The van der Waals surface area contributed by atoms with Crippen LogP contribution in [0.2, 0.25) is 0 Å². The number of nitrogens with one attached hydrogen (secondary N) is 1. The second-order valence-electron chi connectivity index (χ2n) is 4.49. The van der Waals surface area contributed by atoms with Crippen LogP contribution in [0.15, 0.2) is 34.8 Å². The molecule has 7 heteroatoms. The Kier molecular flexibility index (Phi) is 5.44. The van der Waals surface area contributed by atoms with Crippen molar-refractivity contribution in [2.75, 3.05) is 26.6 Å². The molecule has 0 aliphatic heterocycles. The van der Waals surface area contributed by atoms with Gasteiger partial charge in [0, 0.05) is 11.6 Å². The molecule has 0 spiro atoms. The van der Waals surface area contributed by atoms with Gasteiger partial charge >= 0.3 is 0 Å². The fourth-order valence-electron chi connectivity index (χ4n) is 1.96. The first-order valence-corrected chi connectivity index (χ1v) is 7.35. The summed E-state index contributed by atoms with van der Waals surface area (Å²) in [5.74, 6) is 0.293. The van der Waals surface area contributed by atoms with E-state index in [0.29, 0.717) is 27.2 Å². The standard InChI is InChI=1S/C16H15BrFNO4/c1-21-12-8-10(18)4-5-11(12)19-16(20)9-6-13(22-2)15(17)14(7-9)23-3/h4-8H,1-3H3,(H,19,20). The lowest BCUT2D eigenvalue weighted by Crippen LogP contribution is -2.13. The van der Waals surface area contributed by atoms with Gasteiger partial charge in [-0.2, -0.15) is 0 Å². The molecule has 0 saturated carbocycles. The molecule has 1 N–H and O–H groups in total. The van der Waals surface area contributed by atoms with E-state index in [0.717, 1.165) is 0 Å². The number of carbonyl (C=O) groups excluding carboxylic acids is 1. The van der Waals surface area contributed by atoms with Crippen LogP contribution < -0.4 is 19.5 Å². The van der Waals surface area contributed by atoms with Crippen molar-refractivity contribution in [3.63, 3.8) is 0 Å². The number of benzene rings is 2. The number of anilines is 1. The number of methoxy groups -OCH3 is 3. The Morgan fingerprint density at radius 2 is 1.57 bits per heavy atom. The second kappa shape index (κ2) is 7.32. The Labute approximate surface area is 141 Å². The average Bonchev–Trinajstić information content (AvgIpc) is 2.56. The van der Waals surface area contributed by atoms with Gasteiger partial charge in [0.05, 0.1) is 27.0 Å². The molecule has 0 fully saturated rings. The third-order valence-electron chi connectivity index (χ3n) is 3.12. The van der Waals surface area contributed by atoms with Crippen LogP contribution in [0.5, 0.6) is 17.2 Å². The molecule has 0 aromatic heterocycles. The van der Waals surface area contributed by atoms with Crippen LogP contribution in [0.25, 0.3) is 0 Å². The second-order valence-corrected chi connectivity index (χ2v) is 5.29. The quantitative estimate of drug-likeness (QED) is 0.851. The van der Waals surface area contributed by atoms with E-state index in [2.05, 4.69) is 21.2 Å². The van der Waals surface area contributed by atoms with Crippen LogP contribution in [0, 0.1) is 5.82 Å². The summed E-state index contributed by atoms with van der Waals surface area (Å²) in [5, 5.41) is 2.67. The van der Waals surface area contributed by atoms with Crippen LogP contribution in [0.4, 0.5) is 10.1 Å². The van der Waals surface area contributed by atoms with Gasteiger partial charge in [0.25, 0.3) is 5.91 Å². The Balaban J connectivity index is 2.34. The first-order valence-electron chi connectivity index (χ1n) is 6.56. The number of ether oxygens (including phenoxy) is 3. The number of hydrogen-bond donors (Lipinski definition) is 1. The van der Waals surface area contributed by atoms with Gasteiger partial charge in [-0.1, -0.05) is 0 Å². The molecule has 2 rings (SSSR count). The predicted octanol–water partition coefficient (Wildman–Crippen LogP) is 3.87. The minimum Gasteiger partial charge on any atom is -0.495 e. The van der Waals surface area contributed by atoms with Crippen LogP contribution >= 0.6 is 15.9 Å². The third kappa shape index (κ3) is 3.73. The highest BCUT2D eigenvalue weighted by molar-refractivity contribution is 9.10. The summed E-state index contributed by atoms with van der Waals surface area (Å²) in [6.45, 7) is 0. The summed E-state index contributed by atoms with van der Waals surface area (Å²) in [5.41, 5.74) is 0.688. The number of amides is 1. The fraction of sp³-hybridized carbons (Fsp3) is 0.188. The maximum atomic E-state index is 13.2. The minimum atomic E-state index is -0.452. The maximum absolute atomic E-state index is 13.2. The lowest BCUT2D eigenvalue weighted by Gasteiger charge is -2.13. The molecule has 0 aliphatic rings. The van der Waals surface area contributed by atoms with Crippen molar-refractivity contribution in [2.45, 2.75) is 0 Å². The summed E-state index contributed by atoms with van der Waals surface area (Å²) in [4.78, 5) is 12.4. The highest BCUT2D eigenvalue weighted by atomic mass is 79.9. The van der Waals surface area contributed by atoms with Gasteiger partial charge in [0.1, 0.15) is 27.5 Å². The van der Waals surface area contributed by atoms with Crippen molar-refractivity contribution in [3.8, 4) is 17.2 Å². The van der Waals surface area contributed by atoms with E-state index in [1.165, 1.54) is 39.5 Å². The largest absolute Gasteiger partial charge is 0.495 e. The lowest BCUT2D eigenvalue weighted by atomic mass is 10.1. The van der Waals surface area contributed by atoms with E-state index >= 15 is 0 Å². The molecule has 0 radical (unpaired) electrons. The number of halogens is 2. The Hall–Kier alpha value is -2.28. The molecule has 122 valence electrons. The molecule has 0 heterocycles. The van der Waals surface area contributed by atoms with Crippen molar-refractivity contribution in [1.29, 1.82) is 0 Å². The van der Waals surface area contributed by atoms with Gasteiger partial charge in [-0.3, -0.25) is 4.79 Å². The van der Waals surface area contributed by atoms with E-state index in [9.17, 15) is 9.18 Å². The molecule has 0 bridgehead atoms. The summed E-state index contributed by atoms with van der Waals surface area (Å²) >= 11 is 3.34. The molecule has 23 heavy (non-hydrogen) atoms. The van der Waals surface area contributed by atoms with Crippen molar-refractivity contribution in [1.82, 2.24) is 0 Å². The average molecular weight is 384 g/mol. The molecular weight excluding hydrogens is 369 g/mol. The molecule has 2 aromatic rings. The summed E-state index contributed by atoms with van der Waals surface area (Å²) < 4.78 is 29.3. The molecular formula is C16H15BrFNO4. The fourth-order valence-corrected chi connectivity index (χ4v) is 2.52. The van der Waals surface area contributed by atoms with Crippen LogP contribution in [-0.2, 0) is 0 Å². The third-order valence-corrected chi connectivity index (χ3v) is 3.90. The van der Waals surface area contributed by atoms with Gasteiger partial charge in [-0.05, 0) is 40.2 Å². The highest BCUT2D eigenvalue weighted by Crippen LogP contribution is 2.36. The molecule has 0 aliphatic carbocycles. The molecule has 0 atom stereocenters. The van der Waals surface area contributed by atoms with Crippen LogP contribution in [-0.4, -0.2) is 27.2 Å².